The summed E-state index contributed by atoms with van der Waals surface area (Å²) in [6, 6.07) is 12.0. The van der Waals surface area contributed by atoms with Crippen molar-refractivity contribution in [3.05, 3.63) is 59.7 Å². The van der Waals surface area contributed by atoms with Gasteiger partial charge >= 0.3 is 0 Å². The van der Waals surface area contributed by atoms with E-state index in [0.717, 1.165) is 0 Å². The molecule has 0 aliphatic rings. The molecule has 0 aromatic heterocycles. The standard InChI is InChI=1S/C15H12O4/c1-19-13-4-2-3-11(9-13)15(18)14(17)10-5-7-12(16)8-6-10/h2-9,16H,1H3. The molecule has 0 spiro atoms. The van der Waals surface area contributed by atoms with Crippen molar-refractivity contribution >= 4 is 11.6 Å². The third kappa shape index (κ3) is 2.80. The number of phenolic OH excluding ortho intramolecular Hbond substituents is 1. The molecule has 0 atom stereocenters. The van der Waals surface area contributed by atoms with E-state index in [9.17, 15) is 9.59 Å². The molecule has 19 heavy (non-hydrogen) atoms. The van der Waals surface area contributed by atoms with Gasteiger partial charge in [-0.1, -0.05) is 12.1 Å². The summed E-state index contributed by atoms with van der Waals surface area (Å²) in [7, 11) is 1.49. The zero-order valence-corrected chi connectivity index (χ0v) is 10.3. The molecule has 2 aromatic carbocycles. The van der Waals surface area contributed by atoms with E-state index in [1.807, 2.05) is 0 Å². The maximum Gasteiger partial charge on any atom is 0.233 e. The predicted molar refractivity (Wildman–Crippen MR) is 69.8 cm³/mol. The Bertz CT molecular complexity index is 614. The molecule has 4 heteroatoms. The van der Waals surface area contributed by atoms with Gasteiger partial charge < -0.3 is 9.84 Å². The number of hydrogen-bond acceptors (Lipinski definition) is 4. The van der Waals surface area contributed by atoms with E-state index >= 15 is 0 Å². The second kappa shape index (κ2) is 5.35. The smallest absolute Gasteiger partial charge is 0.233 e. The van der Waals surface area contributed by atoms with Crippen LogP contribution in [0.2, 0.25) is 0 Å². The van der Waals surface area contributed by atoms with Crippen molar-refractivity contribution < 1.29 is 19.4 Å². The van der Waals surface area contributed by atoms with Crippen LogP contribution in [-0.4, -0.2) is 23.8 Å². The lowest BCUT2D eigenvalue weighted by molar-refractivity contribution is 0.0817. The van der Waals surface area contributed by atoms with Gasteiger partial charge in [0.1, 0.15) is 11.5 Å². The van der Waals surface area contributed by atoms with Crippen LogP contribution in [0.5, 0.6) is 11.5 Å². The van der Waals surface area contributed by atoms with E-state index < -0.39 is 11.6 Å². The van der Waals surface area contributed by atoms with Gasteiger partial charge in [-0.3, -0.25) is 9.59 Å². The second-order valence-electron chi connectivity index (χ2n) is 3.94. The molecule has 0 saturated carbocycles. The first kappa shape index (κ1) is 12.8. The average Bonchev–Trinajstić information content (AvgIpc) is 2.46. The summed E-state index contributed by atoms with van der Waals surface area (Å²) < 4.78 is 5.01. The first-order valence-corrected chi connectivity index (χ1v) is 5.64. The maximum absolute atomic E-state index is 12.0. The lowest BCUT2D eigenvalue weighted by Gasteiger charge is -2.03. The molecule has 0 amide bonds. The van der Waals surface area contributed by atoms with Crippen LogP contribution in [0.1, 0.15) is 20.7 Å². The molecule has 0 unspecified atom stereocenters. The Hall–Kier alpha value is -2.62. The molecule has 0 aliphatic carbocycles. The van der Waals surface area contributed by atoms with Crippen LogP contribution in [0.15, 0.2) is 48.5 Å². The van der Waals surface area contributed by atoms with Crippen molar-refractivity contribution in [2.45, 2.75) is 0 Å². The largest absolute Gasteiger partial charge is 0.508 e. The van der Waals surface area contributed by atoms with E-state index in [1.165, 1.54) is 37.4 Å². The highest BCUT2D eigenvalue weighted by Gasteiger charge is 2.18. The number of ether oxygens (including phenoxy) is 1. The zero-order chi connectivity index (χ0) is 13.8. The normalized spacial score (nSPS) is 9.95. The molecule has 0 aliphatic heterocycles. The number of rotatable bonds is 4. The molecule has 0 heterocycles. The quantitative estimate of drug-likeness (QED) is 0.674. The van der Waals surface area contributed by atoms with Crippen molar-refractivity contribution in [1.29, 1.82) is 0 Å². The highest BCUT2D eigenvalue weighted by molar-refractivity contribution is 6.49. The van der Waals surface area contributed by atoms with Gasteiger partial charge in [0.25, 0.3) is 0 Å². The lowest BCUT2D eigenvalue weighted by atomic mass is 10.0. The first-order chi connectivity index (χ1) is 9.11. The molecule has 0 bridgehead atoms. The van der Waals surface area contributed by atoms with Gasteiger partial charge in [0.05, 0.1) is 7.11 Å². The van der Waals surface area contributed by atoms with Crippen molar-refractivity contribution in [2.75, 3.05) is 7.11 Å². The van der Waals surface area contributed by atoms with Crippen LogP contribution in [0, 0.1) is 0 Å². The van der Waals surface area contributed by atoms with Crippen LogP contribution in [0.4, 0.5) is 0 Å². The van der Waals surface area contributed by atoms with Gasteiger partial charge in [0.2, 0.25) is 11.6 Å². The number of aromatic hydroxyl groups is 1. The van der Waals surface area contributed by atoms with Crippen LogP contribution >= 0.6 is 0 Å². The van der Waals surface area contributed by atoms with Crippen molar-refractivity contribution in [3.8, 4) is 11.5 Å². The number of hydrogen-bond donors (Lipinski definition) is 1. The van der Waals surface area contributed by atoms with E-state index in [0.29, 0.717) is 5.75 Å². The minimum Gasteiger partial charge on any atom is -0.508 e. The Labute approximate surface area is 110 Å². The third-order valence-corrected chi connectivity index (χ3v) is 2.67. The highest BCUT2D eigenvalue weighted by Crippen LogP contribution is 2.16. The summed E-state index contributed by atoms with van der Waals surface area (Å²) in [5, 5.41) is 9.15. The predicted octanol–water partition coefficient (Wildman–Crippen LogP) is 2.47. The molecular weight excluding hydrogens is 244 g/mol. The Morgan fingerprint density at radius 3 is 2.21 bits per heavy atom. The first-order valence-electron chi connectivity index (χ1n) is 5.64. The molecule has 96 valence electrons. The van der Waals surface area contributed by atoms with Crippen molar-refractivity contribution in [3.63, 3.8) is 0 Å². The molecule has 0 fully saturated rings. The van der Waals surface area contributed by atoms with Crippen molar-refractivity contribution in [1.82, 2.24) is 0 Å². The van der Waals surface area contributed by atoms with Gasteiger partial charge in [-0.2, -0.15) is 0 Å². The fourth-order valence-electron chi connectivity index (χ4n) is 1.64. The van der Waals surface area contributed by atoms with Gasteiger partial charge in [-0.15, -0.1) is 0 Å². The molecule has 0 radical (unpaired) electrons. The number of phenols is 1. The molecule has 0 saturated heterocycles. The average molecular weight is 256 g/mol. The lowest BCUT2D eigenvalue weighted by Crippen LogP contribution is -2.14. The van der Waals surface area contributed by atoms with E-state index in [4.69, 9.17) is 9.84 Å². The summed E-state index contributed by atoms with van der Waals surface area (Å²) in [5.74, 6) is -0.660. The van der Waals surface area contributed by atoms with E-state index in [1.54, 1.807) is 18.2 Å². The number of benzene rings is 2. The van der Waals surface area contributed by atoms with Crippen LogP contribution in [0.25, 0.3) is 0 Å². The van der Waals surface area contributed by atoms with Crippen molar-refractivity contribution in [2.24, 2.45) is 0 Å². The van der Waals surface area contributed by atoms with Crippen LogP contribution in [-0.2, 0) is 0 Å². The Kier molecular flexibility index (Phi) is 3.61. The van der Waals surface area contributed by atoms with Gasteiger partial charge in [-0.05, 0) is 36.4 Å². The second-order valence-corrected chi connectivity index (χ2v) is 3.94. The summed E-state index contributed by atoms with van der Waals surface area (Å²) in [6.45, 7) is 0. The molecule has 1 N–H and O–H groups in total. The number of Topliss-reactive ketones (excluding diaryl/α,β-unsaturated/α-hetero) is 2. The Morgan fingerprint density at radius 2 is 1.58 bits per heavy atom. The minimum absolute atomic E-state index is 0.0466. The fraction of sp³-hybridized carbons (Fsp3) is 0.0667. The fourth-order valence-corrected chi connectivity index (χ4v) is 1.64. The highest BCUT2D eigenvalue weighted by atomic mass is 16.5. The molecular formula is C15H12O4. The summed E-state index contributed by atoms with van der Waals surface area (Å²) in [5.41, 5.74) is 0.517. The Morgan fingerprint density at radius 1 is 0.947 bits per heavy atom. The molecule has 2 aromatic rings. The minimum atomic E-state index is -0.617. The van der Waals surface area contributed by atoms with Crippen LogP contribution in [0.3, 0.4) is 0 Å². The zero-order valence-electron chi connectivity index (χ0n) is 10.3. The number of carbonyl (C=O) groups is 2. The summed E-state index contributed by atoms with van der Waals surface area (Å²) >= 11 is 0. The summed E-state index contributed by atoms with van der Waals surface area (Å²) in [6.07, 6.45) is 0. The third-order valence-electron chi connectivity index (χ3n) is 2.67. The molecule has 2 rings (SSSR count). The monoisotopic (exact) mass is 256 g/mol. The van der Waals surface area contributed by atoms with E-state index in [-0.39, 0.29) is 16.9 Å². The van der Waals surface area contributed by atoms with Gasteiger partial charge in [-0.25, -0.2) is 0 Å². The number of carbonyl (C=O) groups excluding carboxylic acids is 2. The maximum atomic E-state index is 12.0. The van der Waals surface area contributed by atoms with Gasteiger partial charge in [0, 0.05) is 11.1 Å². The van der Waals surface area contributed by atoms with Gasteiger partial charge in [0.15, 0.2) is 0 Å². The SMILES string of the molecule is COc1cccc(C(=O)C(=O)c2ccc(O)cc2)c1. The molecule has 4 nitrogen and oxygen atoms in total. The Balaban J connectivity index is 2.28. The summed E-state index contributed by atoms with van der Waals surface area (Å²) in [4.78, 5) is 24.0. The van der Waals surface area contributed by atoms with Crippen LogP contribution < -0.4 is 4.74 Å². The number of methoxy groups -OCH3 is 1. The number of ketones is 2. The topological polar surface area (TPSA) is 63.6 Å². The van der Waals surface area contributed by atoms with E-state index in [2.05, 4.69) is 0 Å².